The van der Waals surface area contributed by atoms with Gasteiger partial charge < -0.3 is 15.0 Å². The maximum Gasteiger partial charge on any atom is 0.273 e. The molecular formula is C27H29ClN4O7S. The van der Waals surface area contributed by atoms with Crippen LogP contribution in [0.5, 0.6) is 5.75 Å². The average Bonchev–Trinajstić information content (AvgIpc) is 2.94. The van der Waals surface area contributed by atoms with Gasteiger partial charge in [0.25, 0.3) is 15.7 Å². The van der Waals surface area contributed by atoms with Gasteiger partial charge in [-0.3, -0.25) is 24.0 Å². The van der Waals surface area contributed by atoms with E-state index in [1.165, 1.54) is 69.3 Å². The monoisotopic (exact) mass is 588 g/mol. The van der Waals surface area contributed by atoms with Crippen LogP contribution in [0.2, 0.25) is 5.02 Å². The summed E-state index contributed by atoms with van der Waals surface area (Å²) in [7, 11) is -1.60. The number of benzene rings is 3. The van der Waals surface area contributed by atoms with Crippen molar-refractivity contribution in [1.29, 1.82) is 0 Å². The number of methoxy groups -OCH3 is 1. The highest BCUT2D eigenvalue weighted by molar-refractivity contribution is 7.92. The molecule has 2 amide bonds. The third-order valence-electron chi connectivity index (χ3n) is 6.28. The highest BCUT2D eigenvalue weighted by Crippen LogP contribution is 2.29. The van der Waals surface area contributed by atoms with E-state index < -0.39 is 39.3 Å². The van der Waals surface area contributed by atoms with Crippen molar-refractivity contribution in [3.8, 4) is 5.75 Å². The maximum absolute atomic E-state index is 13.9. The van der Waals surface area contributed by atoms with Crippen molar-refractivity contribution in [2.75, 3.05) is 25.0 Å². The van der Waals surface area contributed by atoms with Gasteiger partial charge in [0.05, 0.1) is 22.6 Å². The quantitative estimate of drug-likeness (QED) is 0.264. The molecule has 0 fully saturated rings. The second-order valence-electron chi connectivity index (χ2n) is 8.85. The van der Waals surface area contributed by atoms with Gasteiger partial charge in [0.2, 0.25) is 11.8 Å². The van der Waals surface area contributed by atoms with E-state index in [1.807, 2.05) is 0 Å². The van der Waals surface area contributed by atoms with Crippen LogP contribution in [-0.2, 0) is 26.2 Å². The minimum absolute atomic E-state index is 0.00288. The molecule has 11 nitrogen and oxygen atoms in total. The Morgan fingerprint density at radius 2 is 1.70 bits per heavy atom. The number of nitro benzene ring substituents is 1. The Bertz CT molecular complexity index is 1500. The van der Waals surface area contributed by atoms with Crippen LogP contribution in [0, 0.1) is 17.0 Å². The first-order valence-electron chi connectivity index (χ1n) is 12.1. The second-order valence-corrected chi connectivity index (χ2v) is 11.2. The molecule has 0 saturated carbocycles. The van der Waals surface area contributed by atoms with Crippen LogP contribution >= 0.6 is 11.6 Å². The summed E-state index contributed by atoms with van der Waals surface area (Å²) in [5.74, 6) is -0.668. The number of sulfonamides is 1. The molecule has 0 saturated heterocycles. The molecule has 1 atom stereocenters. The van der Waals surface area contributed by atoms with Crippen molar-refractivity contribution in [2.24, 2.45) is 0 Å². The van der Waals surface area contributed by atoms with Crippen LogP contribution in [0.1, 0.15) is 18.1 Å². The molecule has 0 spiro atoms. The maximum atomic E-state index is 13.9. The fraction of sp³-hybridized carbons (Fsp3) is 0.259. The number of carbonyl (C=O) groups excluding carboxylic acids is 2. The summed E-state index contributed by atoms with van der Waals surface area (Å²) < 4.78 is 33.8. The van der Waals surface area contributed by atoms with Crippen LogP contribution in [0.25, 0.3) is 0 Å². The lowest BCUT2D eigenvalue weighted by molar-refractivity contribution is -0.385. The van der Waals surface area contributed by atoms with E-state index in [1.54, 1.807) is 24.3 Å². The fourth-order valence-corrected chi connectivity index (χ4v) is 5.49. The zero-order chi connectivity index (χ0) is 29.6. The summed E-state index contributed by atoms with van der Waals surface area (Å²) in [6.07, 6.45) is 0. The second kappa shape index (κ2) is 12.8. The summed E-state index contributed by atoms with van der Waals surface area (Å²) in [6.45, 7) is 2.33. The Balaban J connectivity index is 2.09. The molecule has 0 radical (unpaired) electrons. The Morgan fingerprint density at radius 3 is 2.25 bits per heavy atom. The van der Waals surface area contributed by atoms with Crippen molar-refractivity contribution in [3.63, 3.8) is 0 Å². The first-order valence-corrected chi connectivity index (χ1v) is 13.9. The number of rotatable bonds is 11. The average molecular weight is 589 g/mol. The number of halogens is 1. The number of hydrogen-bond donors (Lipinski definition) is 1. The predicted octanol–water partition coefficient (Wildman–Crippen LogP) is 3.92. The van der Waals surface area contributed by atoms with Crippen LogP contribution in [0.4, 0.5) is 11.4 Å². The molecule has 13 heteroatoms. The third kappa shape index (κ3) is 6.88. The number of nitro groups is 1. The molecule has 0 aliphatic heterocycles. The van der Waals surface area contributed by atoms with Gasteiger partial charge in [-0.2, -0.15) is 0 Å². The van der Waals surface area contributed by atoms with Crippen molar-refractivity contribution in [2.45, 2.75) is 31.3 Å². The normalized spacial score (nSPS) is 11.8. The van der Waals surface area contributed by atoms with Crippen molar-refractivity contribution < 1.29 is 27.7 Å². The van der Waals surface area contributed by atoms with Gasteiger partial charge in [-0.15, -0.1) is 0 Å². The lowest BCUT2D eigenvalue weighted by Crippen LogP contribution is -2.50. The summed E-state index contributed by atoms with van der Waals surface area (Å²) in [5.41, 5.74) is 0.696. The SMILES string of the molecule is CNC(=O)[C@H](C)N(Cc1ccc(Cl)cc1)C(=O)CN(c1ccc(OC)cc1)S(=O)(=O)c1ccc(C)c([N+](=O)[O-])c1. The smallest absolute Gasteiger partial charge is 0.273 e. The highest BCUT2D eigenvalue weighted by atomic mass is 35.5. The lowest BCUT2D eigenvalue weighted by atomic mass is 10.1. The Labute approximate surface area is 237 Å². The zero-order valence-corrected chi connectivity index (χ0v) is 23.9. The molecule has 40 heavy (non-hydrogen) atoms. The molecule has 0 aliphatic carbocycles. The van der Waals surface area contributed by atoms with E-state index >= 15 is 0 Å². The number of aryl methyl sites for hydroxylation is 1. The van der Waals surface area contributed by atoms with E-state index in [0.29, 0.717) is 16.3 Å². The van der Waals surface area contributed by atoms with Gasteiger partial charge in [0.15, 0.2) is 0 Å². The van der Waals surface area contributed by atoms with E-state index in [0.717, 1.165) is 10.4 Å². The van der Waals surface area contributed by atoms with E-state index in [2.05, 4.69) is 5.32 Å². The Morgan fingerprint density at radius 1 is 1.07 bits per heavy atom. The third-order valence-corrected chi connectivity index (χ3v) is 8.31. The van der Waals surface area contributed by atoms with E-state index in [4.69, 9.17) is 16.3 Å². The Hall–Kier alpha value is -4.16. The number of carbonyl (C=O) groups is 2. The van der Waals surface area contributed by atoms with Crippen molar-refractivity contribution >= 4 is 44.8 Å². The van der Waals surface area contributed by atoms with Gasteiger partial charge >= 0.3 is 0 Å². The van der Waals surface area contributed by atoms with Gasteiger partial charge in [0, 0.05) is 30.2 Å². The molecule has 0 aromatic heterocycles. The molecular weight excluding hydrogens is 560 g/mol. The van der Waals surface area contributed by atoms with E-state index in [9.17, 15) is 28.1 Å². The number of nitrogens with zero attached hydrogens (tertiary/aromatic N) is 3. The van der Waals surface area contributed by atoms with Gasteiger partial charge in [-0.25, -0.2) is 8.42 Å². The fourth-order valence-electron chi connectivity index (χ4n) is 3.93. The minimum Gasteiger partial charge on any atom is -0.497 e. The molecule has 1 N–H and O–H groups in total. The lowest BCUT2D eigenvalue weighted by Gasteiger charge is -2.31. The molecule has 3 rings (SSSR count). The number of ether oxygens (including phenoxy) is 1. The van der Waals surface area contributed by atoms with Crippen LogP contribution in [0.15, 0.2) is 71.6 Å². The summed E-state index contributed by atoms with van der Waals surface area (Å²) in [5, 5.41) is 14.5. The summed E-state index contributed by atoms with van der Waals surface area (Å²) in [4.78, 5) is 38.1. The molecule has 3 aromatic carbocycles. The Kier molecular flexibility index (Phi) is 9.72. The van der Waals surface area contributed by atoms with Crippen LogP contribution in [0.3, 0.4) is 0 Å². The highest BCUT2D eigenvalue weighted by Gasteiger charge is 2.33. The largest absolute Gasteiger partial charge is 0.497 e. The number of amides is 2. The standard InChI is InChI=1S/C27H29ClN4O7S/c1-18-5-14-24(15-25(18)32(35)36)40(37,38)31(22-10-12-23(39-4)13-11-22)17-26(33)30(19(2)27(34)29-3)16-20-6-8-21(28)9-7-20/h5-15,19H,16-17H2,1-4H3,(H,29,34)/t19-/m0/s1. The predicted molar refractivity (Wildman–Crippen MR) is 151 cm³/mol. The summed E-state index contributed by atoms with van der Waals surface area (Å²) >= 11 is 5.98. The molecule has 212 valence electrons. The number of likely N-dealkylation sites (N-methyl/N-ethyl adjacent to an activating group) is 1. The van der Waals surface area contributed by atoms with E-state index in [-0.39, 0.29) is 28.4 Å². The summed E-state index contributed by atoms with van der Waals surface area (Å²) in [6, 6.07) is 15.2. The number of hydrogen-bond acceptors (Lipinski definition) is 7. The van der Waals surface area contributed by atoms with Gasteiger partial charge in [-0.1, -0.05) is 29.8 Å². The zero-order valence-electron chi connectivity index (χ0n) is 22.3. The number of nitrogens with one attached hydrogen (secondary N) is 1. The van der Waals surface area contributed by atoms with Crippen molar-refractivity contribution in [3.05, 3.63) is 93.0 Å². The van der Waals surface area contributed by atoms with Crippen molar-refractivity contribution in [1.82, 2.24) is 10.2 Å². The van der Waals surface area contributed by atoms with Crippen LogP contribution < -0.4 is 14.4 Å². The molecule has 0 bridgehead atoms. The first kappa shape index (κ1) is 30.4. The minimum atomic E-state index is -4.48. The molecule has 0 heterocycles. The molecule has 3 aromatic rings. The first-order chi connectivity index (χ1) is 18.9. The van der Waals surface area contributed by atoms with Crippen LogP contribution in [-0.4, -0.2) is 56.8 Å². The number of anilines is 1. The molecule has 0 aliphatic rings. The topological polar surface area (TPSA) is 139 Å². The van der Waals surface area contributed by atoms with Gasteiger partial charge in [-0.05, 0) is 61.9 Å². The van der Waals surface area contributed by atoms with Gasteiger partial charge in [0.1, 0.15) is 18.3 Å². The molecule has 0 unspecified atom stereocenters.